The SMILES string of the molecule is C[C@H](OC(=O)[C@@H]1CC(=O)N(c2nccs2)C1)c1cccc(F)c1. The number of anilines is 1. The Morgan fingerprint density at radius 2 is 2.35 bits per heavy atom. The van der Waals surface area contributed by atoms with E-state index in [9.17, 15) is 14.0 Å². The largest absolute Gasteiger partial charge is 0.458 e. The van der Waals surface area contributed by atoms with Gasteiger partial charge >= 0.3 is 5.97 Å². The molecule has 0 unspecified atom stereocenters. The molecule has 0 aliphatic carbocycles. The normalized spacial score (nSPS) is 19.0. The third-order valence-electron chi connectivity index (χ3n) is 3.72. The van der Waals surface area contributed by atoms with Crippen molar-refractivity contribution in [3.05, 3.63) is 47.2 Å². The van der Waals surface area contributed by atoms with E-state index in [1.165, 1.54) is 28.4 Å². The van der Waals surface area contributed by atoms with Gasteiger partial charge in [-0.15, -0.1) is 11.3 Å². The number of aromatic nitrogens is 1. The molecule has 0 saturated carbocycles. The fourth-order valence-corrected chi connectivity index (χ4v) is 3.17. The average Bonchev–Trinajstić information content (AvgIpc) is 3.16. The summed E-state index contributed by atoms with van der Waals surface area (Å²) < 4.78 is 18.6. The highest BCUT2D eigenvalue weighted by atomic mass is 32.1. The molecule has 0 N–H and O–H groups in total. The molecule has 7 heteroatoms. The van der Waals surface area contributed by atoms with Gasteiger partial charge in [0.15, 0.2) is 5.13 Å². The van der Waals surface area contributed by atoms with Gasteiger partial charge in [-0.25, -0.2) is 9.37 Å². The van der Waals surface area contributed by atoms with Gasteiger partial charge in [0.1, 0.15) is 11.9 Å². The van der Waals surface area contributed by atoms with Gasteiger partial charge in [-0.1, -0.05) is 12.1 Å². The average molecular weight is 334 g/mol. The van der Waals surface area contributed by atoms with E-state index in [0.29, 0.717) is 10.7 Å². The smallest absolute Gasteiger partial charge is 0.311 e. The molecule has 0 spiro atoms. The van der Waals surface area contributed by atoms with Crippen LogP contribution in [0.4, 0.5) is 9.52 Å². The number of hydrogen-bond acceptors (Lipinski definition) is 5. The first-order valence-electron chi connectivity index (χ1n) is 7.20. The minimum Gasteiger partial charge on any atom is -0.458 e. The Balaban J connectivity index is 1.64. The third-order valence-corrected chi connectivity index (χ3v) is 4.51. The summed E-state index contributed by atoms with van der Waals surface area (Å²) in [6.45, 7) is 1.95. The van der Waals surface area contributed by atoms with Gasteiger partial charge in [0.2, 0.25) is 5.91 Å². The third kappa shape index (κ3) is 3.39. The Labute approximate surface area is 136 Å². The zero-order valence-corrected chi connectivity index (χ0v) is 13.3. The van der Waals surface area contributed by atoms with Gasteiger partial charge < -0.3 is 4.74 Å². The Hall–Kier alpha value is -2.28. The van der Waals surface area contributed by atoms with E-state index in [1.54, 1.807) is 30.6 Å². The highest BCUT2D eigenvalue weighted by molar-refractivity contribution is 7.13. The maximum atomic E-state index is 13.2. The molecule has 1 aliphatic heterocycles. The lowest BCUT2D eigenvalue weighted by Gasteiger charge is -2.17. The van der Waals surface area contributed by atoms with Crippen LogP contribution in [0.1, 0.15) is 25.0 Å². The second-order valence-corrected chi connectivity index (χ2v) is 6.23. The Morgan fingerprint density at radius 1 is 1.52 bits per heavy atom. The van der Waals surface area contributed by atoms with Gasteiger partial charge in [0.25, 0.3) is 0 Å². The topological polar surface area (TPSA) is 59.5 Å². The standard InChI is InChI=1S/C16H15FN2O3S/c1-10(11-3-2-4-13(17)7-11)22-15(21)12-8-14(20)19(9-12)16-18-5-6-23-16/h2-7,10,12H,8-9H2,1H3/t10-,12+/m0/s1. The first-order chi connectivity index (χ1) is 11.0. The van der Waals surface area contributed by atoms with Gasteiger partial charge in [-0.3, -0.25) is 14.5 Å². The van der Waals surface area contributed by atoms with Gasteiger partial charge in [0, 0.05) is 24.5 Å². The molecule has 5 nitrogen and oxygen atoms in total. The van der Waals surface area contributed by atoms with Crippen LogP contribution in [-0.2, 0) is 14.3 Å². The lowest BCUT2D eigenvalue weighted by molar-refractivity contribution is -0.153. The number of rotatable bonds is 4. The Bertz CT molecular complexity index is 720. The predicted octanol–water partition coefficient (Wildman–Crippen LogP) is 2.94. The van der Waals surface area contributed by atoms with Crippen LogP contribution >= 0.6 is 11.3 Å². The molecule has 1 fully saturated rings. The van der Waals surface area contributed by atoms with Crippen LogP contribution in [0.25, 0.3) is 0 Å². The summed E-state index contributed by atoms with van der Waals surface area (Å²) in [5, 5.41) is 2.36. The zero-order chi connectivity index (χ0) is 16.4. The van der Waals surface area contributed by atoms with Crippen molar-refractivity contribution in [2.45, 2.75) is 19.4 Å². The maximum absolute atomic E-state index is 13.2. The van der Waals surface area contributed by atoms with Crippen LogP contribution in [0.15, 0.2) is 35.8 Å². The lowest BCUT2D eigenvalue weighted by atomic mass is 10.1. The number of halogens is 1. The molecule has 2 heterocycles. The summed E-state index contributed by atoms with van der Waals surface area (Å²) in [6, 6.07) is 5.93. The number of esters is 1. The molecule has 120 valence electrons. The minimum atomic E-state index is -0.567. The summed E-state index contributed by atoms with van der Waals surface area (Å²) in [5.41, 5.74) is 0.583. The number of thiazole rings is 1. The van der Waals surface area contributed by atoms with Crippen molar-refractivity contribution in [2.75, 3.05) is 11.4 Å². The molecular formula is C16H15FN2O3S. The van der Waals surface area contributed by atoms with Crippen LogP contribution in [-0.4, -0.2) is 23.4 Å². The van der Waals surface area contributed by atoms with Crippen molar-refractivity contribution in [2.24, 2.45) is 5.92 Å². The van der Waals surface area contributed by atoms with Crippen LogP contribution in [0.2, 0.25) is 0 Å². The van der Waals surface area contributed by atoms with E-state index in [-0.39, 0.29) is 24.7 Å². The van der Waals surface area contributed by atoms with Crippen molar-refractivity contribution in [1.29, 1.82) is 0 Å². The molecular weight excluding hydrogens is 319 g/mol. The number of carbonyl (C=O) groups is 2. The second-order valence-electron chi connectivity index (χ2n) is 5.35. The van der Waals surface area contributed by atoms with Gasteiger partial charge in [-0.2, -0.15) is 0 Å². The fraction of sp³-hybridized carbons (Fsp3) is 0.312. The predicted molar refractivity (Wildman–Crippen MR) is 83.5 cm³/mol. The van der Waals surface area contributed by atoms with E-state index < -0.39 is 18.0 Å². The highest BCUT2D eigenvalue weighted by Gasteiger charge is 2.37. The van der Waals surface area contributed by atoms with Crippen LogP contribution in [0.5, 0.6) is 0 Å². The number of ether oxygens (including phenoxy) is 1. The van der Waals surface area contributed by atoms with Gasteiger partial charge in [0.05, 0.1) is 5.92 Å². The first-order valence-corrected chi connectivity index (χ1v) is 8.08. The van der Waals surface area contributed by atoms with Crippen molar-refractivity contribution in [1.82, 2.24) is 4.98 Å². The molecule has 3 rings (SSSR count). The molecule has 0 radical (unpaired) electrons. The molecule has 2 atom stereocenters. The number of carbonyl (C=O) groups excluding carboxylic acids is 2. The number of amides is 1. The second kappa shape index (κ2) is 6.45. The minimum absolute atomic E-state index is 0.105. The highest BCUT2D eigenvalue weighted by Crippen LogP contribution is 2.28. The molecule has 1 aromatic heterocycles. The number of nitrogens with zero attached hydrogens (tertiary/aromatic N) is 2. The monoisotopic (exact) mass is 334 g/mol. The van der Waals surface area contributed by atoms with Crippen molar-refractivity contribution in [3.8, 4) is 0 Å². The van der Waals surface area contributed by atoms with Gasteiger partial charge in [-0.05, 0) is 24.6 Å². The van der Waals surface area contributed by atoms with Crippen molar-refractivity contribution in [3.63, 3.8) is 0 Å². The summed E-state index contributed by atoms with van der Waals surface area (Å²) in [4.78, 5) is 29.9. The Morgan fingerprint density at radius 3 is 3.04 bits per heavy atom. The molecule has 1 aliphatic rings. The first kappa shape index (κ1) is 15.6. The summed E-state index contributed by atoms with van der Waals surface area (Å²) in [5.74, 6) is -1.49. The van der Waals surface area contributed by atoms with E-state index in [2.05, 4.69) is 4.98 Å². The van der Waals surface area contributed by atoms with Crippen molar-refractivity contribution >= 4 is 28.3 Å². The van der Waals surface area contributed by atoms with Crippen molar-refractivity contribution < 1.29 is 18.7 Å². The quantitative estimate of drug-likeness (QED) is 0.807. The fourth-order valence-electron chi connectivity index (χ4n) is 2.50. The molecule has 2 aromatic rings. The summed E-state index contributed by atoms with van der Waals surface area (Å²) in [7, 11) is 0. The summed E-state index contributed by atoms with van der Waals surface area (Å²) >= 11 is 1.35. The Kier molecular flexibility index (Phi) is 4.38. The molecule has 23 heavy (non-hydrogen) atoms. The molecule has 1 saturated heterocycles. The van der Waals surface area contributed by atoms with E-state index in [4.69, 9.17) is 4.74 Å². The van der Waals surface area contributed by atoms with Crippen LogP contribution in [0, 0.1) is 11.7 Å². The number of hydrogen-bond donors (Lipinski definition) is 0. The summed E-state index contributed by atoms with van der Waals surface area (Å²) in [6.07, 6.45) is 1.15. The maximum Gasteiger partial charge on any atom is 0.311 e. The van der Waals surface area contributed by atoms with E-state index in [1.807, 2.05) is 0 Å². The molecule has 1 aromatic carbocycles. The molecule has 1 amide bonds. The molecule has 0 bridgehead atoms. The van der Waals surface area contributed by atoms with E-state index >= 15 is 0 Å². The number of benzene rings is 1. The van der Waals surface area contributed by atoms with E-state index in [0.717, 1.165) is 0 Å². The van der Waals surface area contributed by atoms with Crippen LogP contribution < -0.4 is 4.90 Å². The van der Waals surface area contributed by atoms with Crippen LogP contribution in [0.3, 0.4) is 0 Å². The zero-order valence-electron chi connectivity index (χ0n) is 12.4. The lowest BCUT2D eigenvalue weighted by Crippen LogP contribution is -2.26.